The lowest BCUT2D eigenvalue weighted by molar-refractivity contribution is 0.0685. The summed E-state index contributed by atoms with van der Waals surface area (Å²) in [6.45, 7) is 2.58. The number of aromatic nitrogens is 1. The molecule has 2 rings (SSSR count). The van der Waals surface area contributed by atoms with Crippen LogP contribution in [-0.4, -0.2) is 15.6 Å². The molecule has 2 aromatic rings. The Morgan fingerprint density at radius 2 is 2.12 bits per heavy atom. The standard InChI is InChI=1S/C13H12BrNO2/c1-2-15-8-10(7-12(15)13(16)17)9-4-3-5-11(14)6-9/h3-8H,2H2,1H3,(H,16,17). The number of benzene rings is 1. The van der Waals surface area contributed by atoms with Gasteiger partial charge in [-0.05, 0) is 30.7 Å². The van der Waals surface area contributed by atoms with Gasteiger partial charge in [0, 0.05) is 22.8 Å². The van der Waals surface area contributed by atoms with E-state index < -0.39 is 5.97 Å². The van der Waals surface area contributed by atoms with Crippen LogP contribution in [-0.2, 0) is 6.54 Å². The maximum atomic E-state index is 11.1. The summed E-state index contributed by atoms with van der Waals surface area (Å²) in [4.78, 5) is 11.1. The summed E-state index contributed by atoms with van der Waals surface area (Å²) in [5, 5.41) is 9.08. The van der Waals surface area contributed by atoms with Crippen LogP contribution in [0.2, 0.25) is 0 Å². The molecule has 1 N–H and O–H groups in total. The van der Waals surface area contributed by atoms with Crippen LogP contribution in [0.25, 0.3) is 11.1 Å². The van der Waals surface area contributed by atoms with E-state index in [4.69, 9.17) is 5.11 Å². The van der Waals surface area contributed by atoms with E-state index in [1.807, 2.05) is 37.4 Å². The van der Waals surface area contributed by atoms with Gasteiger partial charge in [0.2, 0.25) is 0 Å². The number of nitrogens with zero attached hydrogens (tertiary/aromatic N) is 1. The van der Waals surface area contributed by atoms with Crippen molar-refractivity contribution in [1.82, 2.24) is 4.57 Å². The number of carbonyl (C=O) groups is 1. The molecule has 0 radical (unpaired) electrons. The van der Waals surface area contributed by atoms with E-state index in [1.165, 1.54) is 0 Å². The largest absolute Gasteiger partial charge is 0.477 e. The van der Waals surface area contributed by atoms with Gasteiger partial charge in [-0.2, -0.15) is 0 Å². The molecule has 4 heteroatoms. The number of hydrogen-bond donors (Lipinski definition) is 1. The molecule has 1 aromatic heterocycles. The molecule has 3 nitrogen and oxygen atoms in total. The second kappa shape index (κ2) is 4.75. The molecule has 0 saturated heterocycles. The molecule has 0 saturated carbocycles. The van der Waals surface area contributed by atoms with Gasteiger partial charge in [0.25, 0.3) is 0 Å². The first-order valence-electron chi connectivity index (χ1n) is 5.31. The molecule has 1 aromatic carbocycles. The minimum absolute atomic E-state index is 0.322. The lowest BCUT2D eigenvalue weighted by atomic mass is 10.1. The monoisotopic (exact) mass is 293 g/mol. The molecule has 0 aliphatic heterocycles. The van der Waals surface area contributed by atoms with E-state index in [0.29, 0.717) is 12.2 Å². The second-order valence-corrected chi connectivity index (χ2v) is 4.63. The highest BCUT2D eigenvalue weighted by molar-refractivity contribution is 9.10. The topological polar surface area (TPSA) is 42.2 Å². The number of hydrogen-bond acceptors (Lipinski definition) is 1. The number of halogens is 1. The zero-order valence-corrected chi connectivity index (χ0v) is 10.9. The van der Waals surface area contributed by atoms with Gasteiger partial charge in [0.1, 0.15) is 5.69 Å². The molecule has 0 amide bonds. The first-order chi connectivity index (χ1) is 8.11. The van der Waals surface area contributed by atoms with Crippen molar-refractivity contribution in [2.45, 2.75) is 13.5 Å². The Balaban J connectivity index is 2.50. The van der Waals surface area contributed by atoms with E-state index in [9.17, 15) is 4.79 Å². The molecule has 1 heterocycles. The van der Waals surface area contributed by atoms with E-state index in [2.05, 4.69) is 15.9 Å². The summed E-state index contributed by atoms with van der Waals surface area (Å²) in [6.07, 6.45) is 1.87. The maximum absolute atomic E-state index is 11.1. The van der Waals surface area contributed by atoms with Gasteiger partial charge >= 0.3 is 5.97 Å². The molecule has 0 fully saturated rings. The number of carboxylic acids is 1. The Morgan fingerprint density at radius 1 is 1.35 bits per heavy atom. The molecule has 0 aliphatic rings. The van der Waals surface area contributed by atoms with E-state index in [0.717, 1.165) is 15.6 Å². The van der Waals surface area contributed by atoms with Crippen LogP contribution >= 0.6 is 15.9 Å². The smallest absolute Gasteiger partial charge is 0.352 e. The first-order valence-corrected chi connectivity index (χ1v) is 6.10. The Morgan fingerprint density at radius 3 is 2.65 bits per heavy atom. The van der Waals surface area contributed by atoms with Gasteiger partial charge in [0.15, 0.2) is 0 Å². The molecule has 0 bridgehead atoms. The van der Waals surface area contributed by atoms with Crippen molar-refractivity contribution in [3.05, 3.63) is 46.7 Å². The van der Waals surface area contributed by atoms with Crippen molar-refractivity contribution in [3.8, 4) is 11.1 Å². The molecule has 17 heavy (non-hydrogen) atoms. The SMILES string of the molecule is CCn1cc(-c2cccc(Br)c2)cc1C(=O)O. The summed E-state index contributed by atoms with van der Waals surface area (Å²) in [7, 11) is 0. The second-order valence-electron chi connectivity index (χ2n) is 3.72. The number of aryl methyl sites for hydroxylation is 1. The molecule has 88 valence electrons. The van der Waals surface area contributed by atoms with Crippen molar-refractivity contribution >= 4 is 21.9 Å². The predicted molar refractivity (Wildman–Crippen MR) is 70.2 cm³/mol. The molecular formula is C13H12BrNO2. The van der Waals surface area contributed by atoms with Crippen LogP contribution in [0, 0.1) is 0 Å². The lowest BCUT2D eigenvalue weighted by Crippen LogP contribution is -2.05. The number of rotatable bonds is 3. The third kappa shape index (κ3) is 2.42. The maximum Gasteiger partial charge on any atom is 0.352 e. The van der Waals surface area contributed by atoms with E-state index in [1.54, 1.807) is 10.6 Å². The third-order valence-corrected chi connectivity index (χ3v) is 3.11. The van der Waals surface area contributed by atoms with E-state index in [-0.39, 0.29) is 0 Å². The van der Waals surface area contributed by atoms with Crippen molar-refractivity contribution in [3.63, 3.8) is 0 Å². The van der Waals surface area contributed by atoms with Crippen LogP contribution in [0.15, 0.2) is 41.0 Å². The zero-order valence-electron chi connectivity index (χ0n) is 9.35. The van der Waals surface area contributed by atoms with Crippen molar-refractivity contribution < 1.29 is 9.90 Å². The van der Waals surface area contributed by atoms with Crippen molar-refractivity contribution in [2.75, 3.05) is 0 Å². The summed E-state index contributed by atoms with van der Waals surface area (Å²) < 4.78 is 2.72. The van der Waals surface area contributed by atoms with Crippen LogP contribution < -0.4 is 0 Å². The highest BCUT2D eigenvalue weighted by Crippen LogP contribution is 2.25. The summed E-state index contributed by atoms with van der Waals surface area (Å²) in [6, 6.07) is 9.52. The minimum atomic E-state index is -0.895. The fourth-order valence-corrected chi connectivity index (χ4v) is 2.18. The fraction of sp³-hybridized carbons (Fsp3) is 0.154. The van der Waals surface area contributed by atoms with Gasteiger partial charge < -0.3 is 9.67 Å². The quantitative estimate of drug-likeness (QED) is 0.939. The third-order valence-electron chi connectivity index (χ3n) is 2.61. The molecule has 0 aliphatic carbocycles. The molecular weight excluding hydrogens is 282 g/mol. The van der Waals surface area contributed by atoms with Crippen molar-refractivity contribution in [2.24, 2.45) is 0 Å². The first kappa shape index (κ1) is 11.9. The van der Waals surface area contributed by atoms with Gasteiger partial charge in [-0.3, -0.25) is 0 Å². The minimum Gasteiger partial charge on any atom is -0.477 e. The summed E-state index contributed by atoms with van der Waals surface area (Å²) in [5.41, 5.74) is 2.25. The van der Waals surface area contributed by atoms with Gasteiger partial charge in [0.05, 0.1) is 0 Å². The molecule has 0 atom stereocenters. The highest BCUT2D eigenvalue weighted by atomic mass is 79.9. The summed E-state index contributed by atoms with van der Waals surface area (Å²) in [5.74, 6) is -0.895. The average molecular weight is 294 g/mol. The van der Waals surface area contributed by atoms with Crippen LogP contribution in [0.4, 0.5) is 0 Å². The van der Waals surface area contributed by atoms with Crippen molar-refractivity contribution in [1.29, 1.82) is 0 Å². The Labute approximate surface area is 108 Å². The van der Waals surface area contributed by atoms with Crippen LogP contribution in [0.5, 0.6) is 0 Å². The van der Waals surface area contributed by atoms with Crippen LogP contribution in [0.1, 0.15) is 17.4 Å². The number of carboxylic acid groups (broad SMARTS) is 1. The lowest BCUT2D eigenvalue weighted by Gasteiger charge is -1.99. The average Bonchev–Trinajstić information content (AvgIpc) is 2.73. The molecule has 0 spiro atoms. The Kier molecular flexibility index (Phi) is 3.33. The van der Waals surface area contributed by atoms with Crippen LogP contribution in [0.3, 0.4) is 0 Å². The normalized spacial score (nSPS) is 10.5. The number of aromatic carboxylic acids is 1. The highest BCUT2D eigenvalue weighted by Gasteiger charge is 2.12. The molecule has 0 unspecified atom stereocenters. The van der Waals surface area contributed by atoms with Gasteiger partial charge in [-0.1, -0.05) is 28.1 Å². The summed E-state index contributed by atoms with van der Waals surface area (Å²) >= 11 is 3.41. The zero-order chi connectivity index (χ0) is 12.4. The predicted octanol–water partition coefficient (Wildman–Crippen LogP) is 3.64. The Bertz CT molecular complexity index is 560. The van der Waals surface area contributed by atoms with E-state index >= 15 is 0 Å². The van der Waals surface area contributed by atoms with Gasteiger partial charge in [-0.15, -0.1) is 0 Å². The van der Waals surface area contributed by atoms with Gasteiger partial charge in [-0.25, -0.2) is 4.79 Å². The fourth-order valence-electron chi connectivity index (χ4n) is 1.78. The Hall–Kier alpha value is -1.55.